The van der Waals surface area contributed by atoms with Crippen molar-refractivity contribution >= 4 is 11.9 Å². The molecule has 1 N–H and O–H groups in total. The second-order valence-electron chi connectivity index (χ2n) is 8.21. The molecule has 1 aliphatic rings. The fourth-order valence-corrected chi connectivity index (χ4v) is 4.02. The monoisotopic (exact) mass is 432 g/mol. The number of benzene rings is 2. The molecule has 32 heavy (non-hydrogen) atoms. The third-order valence-electron chi connectivity index (χ3n) is 5.78. The summed E-state index contributed by atoms with van der Waals surface area (Å²) in [4.78, 5) is 26.5. The van der Waals surface area contributed by atoms with Crippen LogP contribution in [0.15, 0.2) is 54.7 Å². The molecule has 1 amide bonds. The molecule has 0 radical (unpaired) electrons. The van der Waals surface area contributed by atoms with E-state index in [2.05, 4.69) is 43.4 Å². The lowest BCUT2D eigenvalue weighted by atomic mass is 10.0. The molecule has 2 aromatic carbocycles. The van der Waals surface area contributed by atoms with Crippen LogP contribution in [0.25, 0.3) is 16.9 Å². The van der Waals surface area contributed by atoms with E-state index < -0.39 is 12.0 Å². The molecule has 0 spiro atoms. The summed E-state index contributed by atoms with van der Waals surface area (Å²) in [6.07, 6.45) is 2.04. The number of esters is 1. The summed E-state index contributed by atoms with van der Waals surface area (Å²) in [6.45, 7) is 5.81. The van der Waals surface area contributed by atoms with Crippen LogP contribution < -0.4 is 5.32 Å². The zero-order valence-corrected chi connectivity index (χ0v) is 18.7. The van der Waals surface area contributed by atoms with E-state index in [0.29, 0.717) is 19.6 Å². The van der Waals surface area contributed by atoms with Crippen LogP contribution in [0.4, 0.5) is 0 Å². The summed E-state index contributed by atoms with van der Waals surface area (Å²) in [5.41, 5.74) is 6.21. The summed E-state index contributed by atoms with van der Waals surface area (Å²) >= 11 is 0. The molecule has 7 heteroatoms. The van der Waals surface area contributed by atoms with E-state index in [9.17, 15) is 9.59 Å². The number of piperazine rings is 1. The number of hydrogen-bond acceptors (Lipinski definition) is 5. The molecule has 4 rings (SSSR count). The Morgan fingerprint density at radius 3 is 2.66 bits per heavy atom. The van der Waals surface area contributed by atoms with Crippen molar-refractivity contribution in [3.8, 4) is 16.9 Å². The molecule has 0 unspecified atom stereocenters. The van der Waals surface area contributed by atoms with Crippen LogP contribution in [-0.2, 0) is 20.9 Å². The maximum Gasteiger partial charge on any atom is 0.307 e. The van der Waals surface area contributed by atoms with Crippen molar-refractivity contribution in [3.05, 3.63) is 71.4 Å². The number of nitrogens with one attached hydrogen (secondary N) is 1. The highest BCUT2D eigenvalue weighted by Gasteiger charge is 2.32. The van der Waals surface area contributed by atoms with E-state index in [0.717, 1.165) is 28.1 Å². The first kappa shape index (κ1) is 21.8. The number of nitrogens with zero attached hydrogens (tertiary/aromatic N) is 3. The minimum Gasteiger partial charge on any atom is -0.469 e. The summed E-state index contributed by atoms with van der Waals surface area (Å²) in [6, 6.07) is 15.9. The van der Waals surface area contributed by atoms with Gasteiger partial charge < -0.3 is 10.1 Å². The summed E-state index contributed by atoms with van der Waals surface area (Å²) in [5, 5.41) is 7.76. The molecule has 0 aliphatic carbocycles. The van der Waals surface area contributed by atoms with Crippen LogP contribution in [0.2, 0.25) is 0 Å². The fourth-order valence-electron chi connectivity index (χ4n) is 4.02. The normalized spacial score (nSPS) is 16.6. The lowest BCUT2D eigenvalue weighted by Crippen LogP contribution is -2.55. The largest absolute Gasteiger partial charge is 0.469 e. The molecule has 1 aliphatic heterocycles. The number of ether oxygens (including phenoxy) is 1. The third-order valence-corrected chi connectivity index (χ3v) is 5.78. The molecular formula is C25H28N4O3. The lowest BCUT2D eigenvalue weighted by molar-refractivity contribution is -0.146. The van der Waals surface area contributed by atoms with Crippen molar-refractivity contribution in [2.45, 2.75) is 32.9 Å². The van der Waals surface area contributed by atoms with Gasteiger partial charge in [-0.3, -0.25) is 14.5 Å². The van der Waals surface area contributed by atoms with Gasteiger partial charge in [0.25, 0.3) is 0 Å². The van der Waals surface area contributed by atoms with Gasteiger partial charge in [0.2, 0.25) is 5.91 Å². The van der Waals surface area contributed by atoms with Gasteiger partial charge in [0.05, 0.1) is 24.9 Å². The van der Waals surface area contributed by atoms with E-state index >= 15 is 0 Å². The average Bonchev–Trinajstić information content (AvgIpc) is 3.20. The quantitative estimate of drug-likeness (QED) is 0.606. The van der Waals surface area contributed by atoms with Gasteiger partial charge in [-0.15, -0.1) is 0 Å². The maximum absolute atomic E-state index is 12.5. The number of methoxy groups -OCH3 is 1. The molecule has 1 atom stereocenters. The fraction of sp³-hybridized carbons (Fsp3) is 0.320. The number of carbonyl (C=O) groups is 2. The number of aromatic nitrogens is 2. The van der Waals surface area contributed by atoms with Crippen molar-refractivity contribution in [3.63, 3.8) is 0 Å². The zero-order chi connectivity index (χ0) is 22.7. The smallest absolute Gasteiger partial charge is 0.307 e. The van der Waals surface area contributed by atoms with Gasteiger partial charge in [-0.05, 0) is 32.0 Å². The van der Waals surface area contributed by atoms with Crippen molar-refractivity contribution in [1.82, 2.24) is 20.0 Å². The molecule has 0 saturated carbocycles. The Labute approximate surface area is 188 Å². The molecule has 3 aromatic rings. The Hall–Kier alpha value is -3.45. The van der Waals surface area contributed by atoms with Crippen LogP contribution >= 0.6 is 0 Å². The van der Waals surface area contributed by atoms with E-state index in [1.165, 1.54) is 12.7 Å². The Balaban J connectivity index is 1.72. The Morgan fingerprint density at radius 2 is 1.94 bits per heavy atom. The molecule has 1 aromatic heterocycles. The highest BCUT2D eigenvalue weighted by atomic mass is 16.5. The summed E-state index contributed by atoms with van der Waals surface area (Å²) in [5.74, 6) is -0.545. The van der Waals surface area contributed by atoms with Crippen LogP contribution in [0.5, 0.6) is 0 Å². The zero-order valence-electron chi connectivity index (χ0n) is 18.7. The van der Waals surface area contributed by atoms with Gasteiger partial charge in [-0.2, -0.15) is 5.10 Å². The first-order valence-electron chi connectivity index (χ1n) is 10.8. The molecule has 2 heterocycles. The molecule has 166 valence electrons. The van der Waals surface area contributed by atoms with Gasteiger partial charge in [0, 0.05) is 37.0 Å². The first-order chi connectivity index (χ1) is 15.4. The van der Waals surface area contributed by atoms with Crippen molar-refractivity contribution in [2.75, 3.05) is 20.2 Å². The highest BCUT2D eigenvalue weighted by molar-refractivity contribution is 5.87. The Bertz CT molecular complexity index is 1120. The lowest BCUT2D eigenvalue weighted by Gasteiger charge is -2.34. The van der Waals surface area contributed by atoms with E-state index in [1.54, 1.807) is 0 Å². The predicted molar refractivity (Wildman–Crippen MR) is 122 cm³/mol. The Morgan fingerprint density at radius 1 is 1.16 bits per heavy atom. The van der Waals surface area contributed by atoms with Crippen molar-refractivity contribution < 1.29 is 14.3 Å². The number of hydrogen-bond donors (Lipinski definition) is 1. The highest BCUT2D eigenvalue weighted by Crippen LogP contribution is 2.27. The SMILES string of the molecule is COC(=O)C[C@H]1C(=O)NCCN1Cc1cn(-c2ccc(C)cc2)nc1-c1cccc(C)c1. The van der Waals surface area contributed by atoms with Gasteiger partial charge in [0.1, 0.15) is 6.04 Å². The van der Waals surface area contributed by atoms with E-state index in [1.807, 2.05) is 40.0 Å². The third kappa shape index (κ3) is 4.73. The Kier molecular flexibility index (Phi) is 6.37. The number of aryl methyl sites for hydroxylation is 2. The van der Waals surface area contributed by atoms with E-state index in [-0.39, 0.29) is 12.3 Å². The van der Waals surface area contributed by atoms with Gasteiger partial charge in [-0.25, -0.2) is 4.68 Å². The molecular weight excluding hydrogens is 404 g/mol. The number of amides is 1. The molecule has 7 nitrogen and oxygen atoms in total. The summed E-state index contributed by atoms with van der Waals surface area (Å²) < 4.78 is 6.70. The van der Waals surface area contributed by atoms with Gasteiger partial charge >= 0.3 is 5.97 Å². The minimum absolute atomic E-state index is 0.0220. The van der Waals surface area contributed by atoms with Crippen LogP contribution in [0, 0.1) is 13.8 Å². The topological polar surface area (TPSA) is 76.5 Å². The summed E-state index contributed by atoms with van der Waals surface area (Å²) in [7, 11) is 1.34. The second-order valence-corrected chi connectivity index (χ2v) is 8.21. The minimum atomic E-state index is -0.565. The second kappa shape index (κ2) is 9.36. The van der Waals surface area contributed by atoms with Crippen LogP contribution in [0.3, 0.4) is 0 Å². The predicted octanol–water partition coefficient (Wildman–Crippen LogP) is 3.02. The van der Waals surface area contributed by atoms with Crippen LogP contribution in [0.1, 0.15) is 23.1 Å². The van der Waals surface area contributed by atoms with Crippen molar-refractivity contribution in [2.24, 2.45) is 0 Å². The number of rotatable bonds is 6. The first-order valence-corrected chi connectivity index (χ1v) is 10.8. The average molecular weight is 433 g/mol. The standard InChI is InChI=1S/C25H28N4O3/c1-17-7-9-21(10-8-17)29-16-20(24(27-29)19-6-4-5-18(2)13-19)15-28-12-11-26-25(31)22(28)14-23(30)32-3/h4-10,13,16,22H,11-12,14-15H2,1-3H3,(H,26,31)/t22-/m0/s1. The van der Waals surface area contributed by atoms with Crippen LogP contribution in [-0.4, -0.2) is 52.8 Å². The van der Waals surface area contributed by atoms with E-state index in [4.69, 9.17) is 9.84 Å². The van der Waals surface area contributed by atoms with Gasteiger partial charge in [0.15, 0.2) is 0 Å². The molecule has 1 saturated heterocycles. The molecule has 1 fully saturated rings. The molecule has 0 bridgehead atoms. The number of carbonyl (C=O) groups excluding carboxylic acids is 2. The van der Waals surface area contributed by atoms with Gasteiger partial charge in [-0.1, -0.05) is 41.5 Å². The van der Waals surface area contributed by atoms with Crippen molar-refractivity contribution in [1.29, 1.82) is 0 Å². The maximum atomic E-state index is 12.5.